The number of halogens is 2. The first-order chi connectivity index (χ1) is 15.6. The van der Waals surface area contributed by atoms with Gasteiger partial charge in [0.2, 0.25) is 0 Å². The summed E-state index contributed by atoms with van der Waals surface area (Å²) in [6, 6.07) is 21.3. The number of amides is 1. The van der Waals surface area contributed by atoms with Gasteiger partial charge in [0.15, 0.2) is 4.34 Å². The smallest absolute Gasteiger partial charge is 0.387 e. The van der Waals surface area contributed by atoms with E-state index in [1.165, 1.54) is 23.0 Å². The quantitative estimate of drug-likeness (QED) is 0.197. The summed E-state index contributed by atoms with van der Waals surface area (Å²) >= 11 is 3.33. The summed E-state index contributed by atoms with van der Waals surface area (Å²) in [6.45, 7) is -2.87. The van der Waals surface area contributed by atoms with E-state index in [1.807, 2.05) is 30.3 Å². The van der Waals surface area contributed by atoms with Crippen LogP contribution in [0, 0.1) is 0 Å². The number of hydrogen-bond acceptors (Lipinski definition) is 6. The summed E-state index contributed by atoms with van der Waals surface area (Å²) in [5.41, 5.74) is 5.66. The second-order valence-corrected chi connectivity index (χ2v) is 8.83. The Bertz CT molecular complexity index is 1190. The molecule has 1 heterocycles. The minimum absolute atomic E-state index is 0.0579. The van der Waals surface area contributed by atoms with Crippen LogP contribution in [-0.2, 0) is 5.75 Å². The first-order valence-electron chi connectivity index (χ1n) is 9.52. The molecule has 1 N–H and O–H groups in total. The molecule has 0 atom stereocenters. The number of fused-ring (bicyclic) bond motifs is 1. The average Bonchev–Trinajstić information content (AvgIpc) is 3.22. The number of benzene rings is 3. The molecule has 162 valence electrons. The highest BCUT2D eigenvalue weighted by atomic mass is 32.2. The van der Waals surface area contributed by atoms with Crippen molar-refractivity contribution in [3.63, 3.8) is 0 Å². The van der Waals surface area contributed by atoms with Crippen LogP contribution in [0.1, 0.15) is 21.5 Å². The number of nitrogens with zero attached hydrogens (tertiary/aromatic N) is 2. The number of carbonyl (C=O) groups is 1. The van der Waals surface area contributed by atoms with Gasteiger partial charge < -0.3 is 4.74 Å². The average molecular weight is 470 g/mol. The minimum Gasteiger partial charge on any atom is -0.435 e. The Labute approximate surface area is 191 Å². The van der Waals surface area contributed by atoms with Gasteiger partial charge in [-0.25, -0.2) is 10.4 Å². The zero-order valence-electron chi connectivity index (χ0n) is 16.6. The Morgan fingerprint density at radius 3 is 2.56 bits per heavy atom. The first kappa shape index (κ1) is 21.9. The molecule has 0 aliphatic rings. The van der Waals surface area contributed by atoms with Crippen LogP contribution < -0.4 is 10.2 Å². The van der Waals surface area contributed by atoms with Gasteiger partial charge in [-0.1, -0.05) is 36.0 Å². The molecule has 1 aromatic heterocycles. The topological polar surface area (TPSA) is 63.6 Å². The van der Waals surface area contributed by atoms with Crippen LogP contribution >= 0.6 is 23.1 Å². The van der Waals surface area contributed by atoms with E-state index in [2.05, 4.69) is 26.3 Å². The molecule has 0 fully saturated rings. The van der Waals surface area contributed by atoms with Gasteiger partial charge in [0.05, 0.1) is 16.4 Å². The van der Waals surface area contributed by atoms with Crippen molar-refractivity contribution < 1.29 is 18.3 Å². The lowest BCUT2D eigenvalue weighted by Crippen LogP contribution is -2.17. The van der Waals surface area contributed by atoms with Crippen LogP contribution in [0.4, 0.5) is 8.78 Å². The molecule has 32 heavy (non-hydrogen) atoms. The van der Waals surface area contributed by atoms with Gasteiger partial charge in [-0.15, -0.1) is 11.3 Å². The van der Waals surface area contributed by atoms with Gasteiger partial charge in [0.1, 0.15) is 5.75 Å². The maximum Gasteiger partial charge on any atom is 0.387 e. The van der Waals surface area contributed by atoms with E-state index in [0.717, 1.165) is 21.2 Å². The predicted octanol–water partition coefficient (Wildman–Crippen LogP) is 5.95. The van der Waals surface area contributed by atoms with Crippen LogP contribution in [0.25, 0.3) is 10.2 Å². The molecule has 0 saturated heterocycles. The van der Waals surface area contributed by atoms with Crippen molar-refractivity contribution in [2.24, 2.45) is 5.10 Å². The number of thiazole rings is 1. The van der Waals surface area contributed by atoms with Gasteiger partial charge in [-0.05, 0) is 59.7 Å². The number of aromatic nitrogens is 1. The van der Waals surface area contributed by atoms with Crippen LogP contribution in [0.15, 0.2) is 82.2 Å². The van der Waals surface area contributed by atoms with Crippen molar-refractivity contribution in [1.29, 1.82) is 0 Å². The van der Waals surface area contributed by atoms with Gasteiger partial charge in [0.25, 0.3) is 5.91 Å². The third-order valence-electron chi connectivity index (χ3n) is 4.34. The van der Waals surface area contributed by atoms with Gasteiger partial charge in [-0.2, -0.15) is 13.9 Å². The third-order valence-corrected chi connectivity index (χ3v) is 6.59. The van der Waals surface area contributed by atoms with E-state index in [4.69, 9.17) is 0 Å². The molecular formula is C23H17F2N3O2S2. The Kier molecular flexibility index (Phi) is 7.08. The molecule has 0 aliphatic carbocycles. The summed E-state index contributed by atoms with van der Waals surface area (Å²) in [5, 5.41) is 3.90. The van der Waals surface area contributed by atoms with Crippen LogP contribution in [-0.4, -0.2) is 23.7 Å². The minimum atomic E-state index is -2.87. The molecule has 4 aromatic rings. The summed E-state index contributed by atoms with van der Waals surface area (Å²) in [7, 11) is 0. The first-order valence-corrected chi connectivity index (χ1v) is 11.3. The van der Waals surface area contributed by atoms with E-state index in [9.17, 15) is 13.6 Å². The van der Waals surface area contributed by atoms with Crippen molar-refractivity contribution in [2.75, 3.05) is 0 Å². The molecule has 0 aliphatic heterocycles. The maximum atomic E-state index is 12.3. The lowest BCUT2D eigenvalue weighted by molar-refractivity contribution is -0.0498. The van der Waals surface area contributed by atoms with Gasteiger partial charge in [-0.3, -0.25) is 4.79 Å². The molecule has 4 rings (SSSR count). The summed E-state index contributed by atoms with van der Waals surface area (Å²) in [6.07, 6.45) is 1.42. The van der Waals surface area contributed by atoms with Crippen molar-refractivity contribution in [2.45, 2.75) is 16.7 Å². The summed E-state index contributed by atoms with van der Waals surface area (Å²) in [4.78, 5) is 16.9. The molecule has 1 amide bonds. The molecule has 0 spiro atoms. The Balaban J connectivity index is 1.28. The predicted molar refractivity (Wildman–Crippen MR) is 124 cm³/mol. The van der Waals surface area contributed by atoms with E-state index in [1.54, 1.807) is 47.4 Å². The number of alkyl halides is 2. The van der Waals surface area contributed by atoms with Crippen LogP contribution in [0.3, 0.4) is 0 Å². The summed E-state index contributed by atoms with van der Waals surface area (Å²) < 4.78 is 30.8. The Hall–Kier alpha value is -3.30. The molecule has 3 aromatic carbocycles. The molecule has 0 saturated carbocycles. The number of rotatable bonds is 8. The van der Waals surface area contributed by atoms with E-state index in [0.29, 0.717) is 11.1 Å². The highest BCUT2D eigenvalue weighted by Crippen LogP contribution is 2.31. The number of hydrogen-bond donors (Lipinski definition) is 1. The molecule has 9 heteroatoms. The second kappa shape index (κ2) is 10.3. The molecule has 5 nitrogen and oxygen atoms in total. The van der Waals surface area contributed by atoms with Gasteiger partial charge >= 0.3 is 6.61 Å². The monoisotopic (exact) mass is 469 g/mol. The SMILES string of the molecule is O=C(N/N=C/c1ccc(OC(F)F)cc1)c1ccc(CSc2nc3ccccc3s2)cc1. The van der Waals surface area contributed by atoms with Gasteiger partial charge in [0, 0.05) is 11.3 Å². The van der Waals surface area contributed by atoms with Crippen molar-refractivity contribution in [3.05, 3.63) is 89.5 Å². The van der Waals surface area contributed by atoms with Crippen molar-refractivity contribution >= 4 is 45.4 Å². The number of para-hydroxylation sites is 1. The lowest BCUT2D eigenvalue weighted by atomic mass is 10.1. The highest BCUT2D eigenvalue weighted by Gasteiger charge is 2.07. The zero-order chi connectivity index (χ0) is 22.3. The summed E-state index contributed by atoms with van der Waals surface area (Å²) in [5.74, 6) is 0.470. The third kappa shape index (κ3) is 5.89. The number of hydrazone groups is 1. The van der Waals surface area contributed by atoms with Crippen molar-refractivity contribution in [1.82, 2.24) is 10.4 Å². The second-order valence-electron chi connectivity index (χ2n) is 6.58. The number of carbonyl (C=O) groups excluding carboxylic acids is 1. The van der Waals surface area contributed by atoms with Crippen LogP contribution in [0.5, 0.6) is 5.75 Å². The normalized spacial score (nSPS) is 11.3. The van der Waals surface area contributed by atoms with E-state index < -0.39 is 6.61 Å². The Morgan fingerprint density at radius 2 is 1.84 bits per heavy atom. The lowest BCUT2D eigenvalue weighted by Gasteiger charge is -2.04. The zero-order valence-corrected chi connectivity index (χ0v) is 18.2. The van der Waals surface area contributed by atoms with Crippen LogP contribution in [0.2, 0.25) is 0 Å². The number of ether oxygens (including phenoxy) is 1. The molecule has 0 bridgehead atoms. The fraction of sp³-hybridized carbons (Fsp3) is 0.0870. The fourth-order valence-electron chi connectivity index (χ4n) is 2.78. The molecule has 0 radical (unpaired) electrons. The largest absolute Gasteiger partial charge is 0.435 e. The molecule has 0 unspecified atom stereocenters. The maximum absolute atomic E-state index is 12.3. The van der Waals surface area contributed by atoms with E-state index in [-0.39, 0.29) is 11.7 Å². The standard InChI is InChI=1S/C23H17F2N3O2S2/c24-22(25)30-18-11-7-15(8-12-18)13-26-28-21(29)17-9-5-16(6-10-17)14-31-23-27-19-3-1-2-4-20(19)32-23/h1-13,22H,14H2,(H,28,29)/b26-13+. The van der Waals surface area contributed by atoms with E-state index >= 15 is 0 Å². The van der Waals surface area contributed by atoms with Crippen molar-refractivity contribution in [3.8, 4) is 5.75 Å². The fourth-order valence-corrected chi connectivity index (χ4v) is 4.80. The number of nitrogens with one attached hydrogen (secondary N) is 1. The number of thioether (sulfide) groups is 1. The molecular weight excluding hydrogens is 452 g/mol. The highest BCUT2D eigenvalue weighted by molar-refractivity contribution is 8.00. The Morgan fingerprint density at radius 1 is 1.09 bits per heavy atom.